The lowest BCUT2D eigenvalue weighted by Gasteiger charge is -2.11. The fourth-order valence-electron chi connectivity index (χ4n) is 1.83. The van der Waals surface area contributed by atoms with Gasteiger partial charge in [0, 0.05) is 18.3 Å². The van der Waals surface area contributed by atoms with Crippen molar-refractivity contribution >= 4 is 33.2 Å². The van der Waals surface area contributed by atoms with Gasteiger partial charge in [0.05, 0.1) is 12.2 Å². The number of anilines is 2. The number of halogens is 1. The van der Waals surface area contributed by atoms with Crippen LogP contribution < -0.4 is 10.6 Å². The van der Waals surface area contributed by atoms with Crippen molar-refractivity contribution in [1.29, 1.82) is 0 Å². The summed E-state index contributed by atoms with van der Waals surface area (Å²) in [6, 6.07) is 11.6. The highest BCUT2D eigenvalue weighted by Crippen LogP contribution is 2.21. The van der Waals surface area contributed by atoms with E-state index in [0.717, 1.165) is 27.2 Å². The van der Waals surface area contributed by atoms with Crippen LogP contribution in [0.3, 0.4) is 0 Å². The number of aryl methyl sites for hydroxylation is 1. The van der Waals surface area contributed by atoms with Crippen molar-refractivity contribution in [1.82, 2.24) is 4.98 Å². The summed E-state index contributed by atoms with van der Waals surface area (Å²) in [6.07, 6.45) is 0. The number of hydrogen-bond acceptors (Lipinski definition) is 3. The van der Waals surface area contributed by atoms with Gasteiger partial charge in [0.25, 0.3) is 0 Å². The first-order valence-electron chi connectivity index (χ1n) is 6.28. The van der Waals surface area contributed by atoms with Gasteiger partial charge >= 0.3 is 0 Å². The number of rotatable bonds is 4. The van der Waals surface area contributed by atoms with Crippen molar-refractivity contribution in [3.63, 3.8) is 0 Å². The van der Waals surface area contributed by atoms with E-state index in [2.05, 4.69) is 31.5 Å². The van der Waals surface area contributed by atoms with Crippen molar-refractivity contribution in [2.75, 3.05) is 10.6 Å². The molecule has 20 heavy (non-hydrogen) atoms. The molecule has 1 aromatic heterocycles. The first kappa shape index (κ1) is 14.5. The zero-order valence-corrected chi connectivity index (χ0v) is 13.0. The highest BCUT2D eigenvalue weighted by molar-refractivity contribution is 9.10. The topological polar surface area (TPSA) is 54.0 Å². The van der Waals surface area contributed by atoms with Crippen LogP contribution in [-0.2, 0) is 11.3 Å². The third kappa shape index (κ3) is 4.06. The number of carbonyl (C=O) groups excluding carboxylic acids is 1. The second kappa shape index (κ2) is 6.52. The first-order chi connectivity index (χ1) is 9.54. The predicted molar refractivity (Wildman–Crippen MR) is 84.7 cm³/mol. The van der Waals surface area contributed by atoms with Crippen molar-refractivity contribution in [2.24, 2.45) is 0 Å². The Hall–Kier alpha value is -1.88. The van der Waals surface area contributed by atoms with Crippen LogP contribution >= 0.6 is 15.9 Å². The molecule has 0 bridgehead atoms. The van der Waals surface area contributed by atoms with Gasteiger partial charge < -0.3 is 10.6 Å². The van der Waals surface area contributed by atoms with Crippen LogP contribution in [0, 0.1) is 6.92 Å². The average molecular weight is 334 g/mol. The number of aromatic nitrogens is 1. The van der Waals surface area contributed by atoms with E-state index >= 15 is 0 Å². The van der Waals surface area contributed by atoms with Gasteiger partial charge in [0.1, 0.15) is 4.60 Å². The molecule has 0 unspecified atom stereocenters. The van der Waals surface area contributed by atoms with Crippen LogP contribution in [0.2, 0.25) is 0 Å². The van der Waals surface area contributed by atoms with Gasteiger partial charge in [-0.3, -0.25) is 4.79 Å². The van der Waals surface area contributed by atoms with Gasteiger partial charge in [-0.2, -0.15) is 0 Å². The summed E-state index contributed by atoms with van der Waals surface area (Å²) in [6.45, 7) is 4.15. The maximum Gasteiger partial charge on any atom is 0.221 e. The van der Waals surface area contributed by atoms with Crippen LogP contribution in [0.4, 0.5) is 11.4 Å². The highest BCUT2D eigenvalue weighted by atomic mass is 79.9. The molecule has 2 N–H and O–H groups in total. The summed E-state index contributed by atoms with van der Waals surface area (Å²) >= 11 is 3.36. The van der Waals surface area contributed by atoms with Crippen LogP contribution in [0.5, 0.6) is 0 Å². The molecule has 0 aliphatic carbocycles. The Morgan fingerprint density at radius 3 is 2.80 bits per heavy atom. The molecular formula is C15H16BrN3O. The molecule has 0 spiro atoms. The summed E-state index contributed by atoms with van der Waals surface area (Å²) in [5.74, 6) is -0.0755. The summed E-state index contributed by atoms with van der Waals surface area (Å²) in [5, 5.41) is 6.11. The fraction of sp³-hybridized carbons (Fsp3) is 0.200. The number of pyridine rings is 1. The van der Waals surface area contributed by atoms with E-state index in [1.165, 1.54) is 6.92 Å². The quantitative estimate of drug-likeness (QED) is 0.838. The minimum Gasteiger partial charge on any atom is -0.379 e. The minimum absolute atomic E-state index is 0.0755. The van der Waals surface area contributed by atoms with Crippen molar-refractivity contribution < 1.29 is 4.79 Å². The number of amides is 1. The fourth-order valence-corrected chi connectivity index (χ4v) is 2.21. The van der Waals surface area contributed by atoms with Crippen LogP contribution in [0.1, 0.15) is 18.2 Å². The maximum atomic E-state index is 11.1. The largest absolute Gasteiger partial charge is 0.379 e. The maximum absolute atomic E-state index is 11.1. The molecule has 5 heteroatoms. The number of benzene rings is 1. The van der Waals surface area contributed by atoms with Gasteiger partial charge in [-0.1, -0.05) is 12.1 Å². The number of carbonyl (C=O) groups is 1. The van der Waals surface area contributed by atoms with Crippen LogP contribution in [-0.4, -0.2) is 10.9 Å². The van der Waals surface area contributed by atoms with E-state index in [4.69, 9.17) is 0 Å². The molecule has 0 fully saturated rings. The van der Waals surface area contributed by atoms with Crippen molar-refractivity contribution in [3.8, 4) is 0 Å². The second-order valence-corrected chi connectivity index (χ2v) is 5.33. The Morgan fingerprint density at radius 2 is 2.10 bits per heavy atom. The number of nitrogens with one attached hydrogen (secondary N) is 2. The molecule has 0 radical (unpaired) electrons. The van der Waals surface area contributed by atoms with E-state index in [9.17, 15) is 4.79 Å². The molecule has 0 atom stereocenters. The summed E-state index contributed by atoms with van der Waals surface area (Å²) in [5.41, 5.74) is 3.84. The lowest BCUT2D eigenvalue weighted by molar-refractivity contribution is -0.114. The third-order valence-electron chi connectivity index (χ3n) is 2.79. The van der Waals surface area contributed by atoms with Gasteiger partial charge in [0.15, 0.2) is 0 Å². The molecule has 1 heterocycles. The molecule has 0 saturated heterocycles. The highest BCUT2D eigenvalue weighted by Gasteiger charge is 2.03. The van der Waals surface area contributed by atoms with Crippen LogP contribution in [0.15, 0.2) is 41.0 Å². The molecule has 0 aliphatic rings. The molecular weight excluding hydrogens is 318 g/mol. The van der Waals surface area contributed by atoms with Crippen LogP contribution in [0.25, 0.3) is 0 Å². The Kier molecular flexibility index (Phi) is 4.74. The van der Waals surface area contributed by atoms with Crippen molar-refractivity contribution in [3.05, 3.63) is 52.3 Å². The minimum atomic E-state index is -0.0755. The molecule has 1 amide bonds. The van der Waals surface area contributed by atoms with E-state index < -0.39 is 0 Å². The number of hydrogen-bond donors (Lipinski definition) is 2. The Bertz CT molecular complexity index is 628. The van der Waals surface area contributed by atoms with E-state index in [0.29, 0.717) is 6.54 Å². The Morgan fingerprint density at radius 1 is 1.30 bits per heavy atom. The zero-order chi connectivity index (χ0) is 14.5. The summed E-state index contributed by atoms with van der Waals surface area (Å²) in [4.78, 5) is 15.5. The molecule has 0 aliphatic heterocycles. The Balaban J connectivity index is 2.10. The monoisotopic (exact) mass is 333 g/mol. The van der Waals surface area contributed by atoms with Gasteiger partial charge in [0.2, 0.25) is 5.91 Å². The Labute approximate surface area is 126 Å². The van der Waals surface area contributed by atoms with E-state index in [1.54, 1.807) is 0 Å². The molecule has 0 saturated carbocycles. The molecule has 4 nitrogen and oxygen atoms in total. The lowest BCUT2D eigenvalue weighted by Crippen LogP contribution is -2.07. The molecule has 2 aromatic rings. The zero-order valence-electron chi connectivity index (χ0n) is 11.4. The summed E-state index contributed by atoms with van der Waals surface area (Å²) < 4.78 is 0.820. The van der Waals surface area contributed by atoms with E-state index in [-0.39, 0.29) is 5.91 Å². The first-order valence-corrected chi connectivity index (χ1v) is 7.07. The standard InChI is InChI=1S/C15H16BrN3O/c1-10-6-7-12(18-11(2)20)8-14(10)17-9-13-4-3-5-15(16)19-13/h3-8,17H,9H2,1-2H3,(H,18,20). The molecule has 104 valence electrons. The van der Waals surface area contributed by atoms with Gasteiger partial charge in [-0.25, -0.2) is 4.98 Å². The smallest absolute Gasteiger partial charge is 0.221 e. The lowest BCUT2D eigenvalue weighted by atomic mass is 10.1. The summed E-state index contributed by atoms with van der Waals surface area (Å²) in [7, 11) is 0. The normalized spacial score (nSPS) is 10.2. The predicted octanol–water partition coefficient (Wildman–Crippen LogP) is 3.72. The van der Waals surface area contributed by atoms with Crippen molar-refractivity contribution in [2.45, 2.75) is 20.4 Å². The number of nitrogens with zero attached hydrogens (tertiary/aromatic N) is 1. The third-order valence-corrected chi connectivity index (χ3v) is 3.23. The van der Waals surface area contributed by atoms with Gasteiger partial charge in [-0.05, 0) is 52.7 Å². The average Bonchev–Trinajstić information content (AvgIpc) is 2.39. The second-order valence-electron chi connectivity index (χ2n) is 4.52. The van der Waals surface area contributed by atoms with Gasteiger partial charge in [-0.15, -0.1) is 0 Å². The molecule has 1 aromatic carbocycles. The van der Waals surface area contributed by atoms with E-state index in [1.807, 2.05) is 43.3 Å². The molecule has 2 rings (SSSR count). The SMILES string of the molecule is CC(=O)Nc1ccc(C)c(NCc2cccc(Br)n2)c1.